The number of methoxy groups -OCH3 is 1. The number of halogens is 1. The minimum absolute atomic E-state index is 0.0189. The Morgan fingerprint density at radius 3 is 2.01 bits per heavy atom. The van der Waals surface area contributed by atoms with Gasteiger partial charge in [-0.25, -0.2) is 4.98 Å². The number of benzene rings is 4. The summed E-state index contributed by atoms with van der Waals surface area (Å²) < 4.78 is 109. The van der Waals surface area contributed by atoms with Gasteiger partial charge in [-0.05, 0) is 88.8 Å². The number of aromatic nitrogens is 2. The molecule has 2 unspecified atom stereocenters. The van der Waals surface area contributed by atoms with E-state index in [4.69, 9.17) is 82.3 Å². The van der Waals surface area contributed by atoms with Crippen LogP contribution in [0.4, 0.5) is 5.69 Å². The second-order valence-electron chi connectivity index (χ2n) is 23.3. The zero-order valence-corrected chi connectivity index (χ0v) is 57.4. The molecule has 34 nitrogen and oxygen atoms in total. The van der Waals surface area contributed by atoms with E-state index in [-0.39, 0.29) is 117 Å². The summed E-state index contributed by atoms with van der Waals surface area (Å²) in [7, 11) is -2.49. The van der Waals surface area contributed by atoms with Crippen LogP contribution in [0.3, 0.4) is 0 Å². The number of pyridine rings is 1. The number of fused-ring (bicyclic) bond motifs is 4. The van der Waals surface area contributed by atoms with E-state index >= 15 is 0 Å². The van der Waals surface area contributed by atoms with E-state index in [9.17, 15) is 62.4 Å². The summed E-state index contributed by atoms with van der Waals surface area (Å²) in [6, 6.07) is 18.4. The van der Waals surface area contributed by atoms with Crippen LogP contribution in [0.1, 0.15) is 75.9 Å². The molecule has 548 valence electrons. The fourth-order valence-electron chi connectivity index (χ4n) is 11.3. The second kappa shape index (κ2) is 34.9. The van der Waals surface area contributed by atoms with Gasteiger partial charge in [0.25, 0.3) is 11.8 Å². The maximum atomic E-state index is 14.9. The van der Waals surface area contributed by atoms with Crippen LogP contribution in [0, 0.1) is 0 Å². The number of aliphatic hydroxyl groups is 4. The van der Waals surface area contributed by atoms with E-state index in [1.807, 2.05) is 0 Å². The zero-order valence-electron chi connectivity index (χ0n) is 55.8. The van der Waals surface area contributed by atoms with Gasteiger partial charge in [0.2, 0.25) is 18.7 Å². The molecular weight excluding hydrogens is 1390 g/mol. The van der Waals surface area contributed by atoms with Crippen molar-refractivity contribution in [2.24, 2.45) is 5.11 Å². The summed E-state index contributed by atoms with van der Waals surface area (Å²) in [4.78, 5) is 101. The molecule has 5 heterocycles. The molecule has 0 saturated carbocycles. The Kier molecular flexibility index (Phi) is 26.3. The highest BCUT2D eigenvalue weighted by Gasteiger charge is 2.54. The highest BCUT2D eigenvalue weighted by atomic mass is 35.5. The number of aliphatic hydroxyl groups excluding tert-OH is 4. The maximum Gasteiger partial charge on any atom is 0.501 e. The molecule has 6 aromatic rings. The number of carbonyl (C=O) groups excluding carboxylic acids is 7. The Balaban J connectivity index is 0.928. The Morgan fingerprint density at radius 2 is 1.34 bits per heavy atom. The van der Waals surface area contributed by atoms with Gasteiger partial charge in [0, 0.05) is 112 Å². The number of anilines is 1. The number of esters is 4. The van der Waals surface area contributed by atoms with Crippen molar-refractivity contribution in [3.63, 3.8) is 0 Å². The first kappa shape index (κ1) is 76.7. The van der Waals surface area contributed by atoms with E-state index in [2.05, 4.69) is 15.0 Å². The Bertz CT molecular complexity index is 4200. The number of ether oxygens (including phenoxy) is 12. The predicted molar refractivity (Wildman–Crippen MR) is 352 cm³/mol. The highest BCUT2D eigenvalue weighted by molar-refractivity contribution is 7.82. The largest absolute Gasteiger partial charge is 0.501 e. The average Bonchev–Trinajstić information content (AvgIpc) is 1.59. The SMILES string of the molecule is COc1ccc2c(OS(=O)(=O)Oc3cc(C(=O)N(C)CCOCCOCCOCCN=[N+]=[N-])ccc3OC3O[C@H](CO)[C@H](O)[C@H](O)[C@H]3O)cc3c(c2c1)[C@H](CCl)CN3C(=O)c1cn2cc(CC(=O)c3ccc(OC4O[C@H](COC(C)=O)[C@H](OC(C)=O)[C@H](OC(C)=O)[C@H]4OC(C)=O)cc3)ccc2n1. The van der Waals surface area contributed by atoms with E-state index in [0.717, 1.165) is 39.8 Å². The van der Waals surface area contributed by atoms with Crippen LogP contribution in [-0.4, -0.2) is 239 Å². The predicted octanol–water partition coefficient (Wildman–Crippen LogP) is 3.68. The molecule has 11 atom stereocenters. The lowest BCUT2D eigenvalue weighted by Gasteiger charge is -2.43. The van der Waals surface area contributed by atoms with Crippen LogP contribution in [0.5, 0.6) is 28.7 Å². The van der Waals surface area contributed by atoms with Gasteiger partial charge in [-0.1, -0.05) is 11.2 Å². The Morgan fingerprint density at radius 1 is 0.696 bits per heavy atom. The van der Waals surface area contributed by atoms with Gasteiger partial charge in [0.15, 0.2) is 35.2 Å². The number of ketones is 1. The van der Waals surface area contributed by atoms with Crippen LogP contribution in [0.15, 0.2) is 96.4 Å². The highest BCUT2D eigenvalue weighted by Crippen LogP contribution is 2.48. The Hall–Kier alpha value is -9.49. The van der Waals surface area contributed by atoms with Gasteiger partial charge >= 0.3 is 34.3 Å². The first-order valence-corrected chi connectivity index (χ1v) is 33.5. The fourth-order valence-corrected chi connectivity index (χ4v) is 12.3. The van der Waals surface area contributed by atoms with Gasteiger partial charge in [-0.3, -0.25) is 33.6 Å². The molecule has 2 saturated heterocycles. The third-order valence-electron chi connectivity index (χ3n) is 16.1. The third-order valence-corrected chi connectivity index (χ3v) is 17.2. The van der Waals surface area contributed by atoms with Crippen molar-refractivity contribution in [3.8, 4) is 28.7 Å². The number of likely N-dealkylation sites (N-methyl/N-ethyl adjacent to an activating group) is 1. The van der Waals surface area contributed by atoms with E-state index < -0.39 is 138 Å². The van der Waals surface area contributed by atoms with Crippen molar-refractivity contribution in [1.82, 2.24) is 14.3 Å². The molecule has 3 aliphatic heterocycles. The number of carbonyl (C=O) groups is 7. The van der Waals surface area contributed by atoms with Crippen molar-refractivity contribution >= 4 is 85.6 Å². The van der Waals surface area contributed by atoms with Crippen molar-refractivity contribution in [2.75, 3.05) is 97.4 Å². The summed E-state index contributed by atoms with van der Waals surface area (Å²) in [5.41, 5.74) is 9.88. The monoisotopic (exact) mass is 1460 g/mol. The molecule has 0 radical (unpaired) electrons. The number of hydrogen-bond donors (Lipinski definition) is 4. The van der Waals surface area contributed by atoms with Crippen LogP contribution < -0.4 is 27.5 Å². The summed E-state index contributed by atoms with van der Waals surface area (Å²) >= 11 is 6.65. The molecule has 4 N–H and O–H groups in total. The van der Waals surface area contributed by atoms with Gasteiger partial charge in [0.1, 0.15) is 60.0 Å². The Labute approximate surface area is 587 Å². The van der Waals surface area contributed by atoms with Gasteiger partial charge < -0.3 is 99.8 Å². The molecule has 0 bridgehead atoms. The van der Waals surface area contributed by atoms with Crippen LogP contribution >= 0.6 is 11.6 Å². The quantitative estimate of drug-likeness (QED) is 0.00667. The smallest absolute Gasteiger partial charge is 0.497 e. The zero-order chi connectivity index (χ0) is 73.5. The molecule has 2 fully saturated rings. The fraction of sp³-hybridized carbons (Fsp3) is 0.455. The number of alkyl halides is 1. The number of imidazole rings is 1. The molecule has 36 heteroatoms. The van der Waals surface area contributed by atoms with Crippen LogP contribution in [-0.2, 0) is 78.6 Å². The van der Waals surface area contributed by atoms with Crippen molar-refractivity contribution in [2.45, 2.75) is 101 Å². The van der Waals surface area contributed by atoms with E-state index in [1.165, 1.54) is 72.6 Å². The van der Waals surface area contributed by atoms with Crippen molar-refractivity contribution in [1.29, 1.82) is 0 Å². The maximum absolute atomic E-state index is 14.9. The summed E-state index contributed by atoms with van der Waals surface area (Å²) in [5.74, 6) is -6.52. The molecule has 4 aromatic carbocycles. The number of hydrogen-bond acceptors (Lipinski definition) is 29. The third kappa shape index (κ3) is 19.2. The van der Waals surface area contributed by atoms with Crippen LogP contribution in [0.2, 0.25) is 0 Å². The molecule has 102 heavy (non-hydrogen) atoms. The molecular formula is C66H74ClN7O27S. The standard InChI is InChI=1S/C66H74ClN7O27S/c1-35(76)92-34-54-60(93-36(2)77)61(94-37(3)78)62(95-38(4)79)66(99-54)96-43-11-8-40(9-12-43)49(80)25-39-7-16-55-70-47(32-73(55)30-39)64(85)74-31-42(29-67)56-46-27-44(88-6)13-14-45(46)51(28-48(56)74)100-102(86,87)101-52-26-41(10-15-50(52)97-65-59(83)58(82)57(81)53(33-75)98-65)63(84)72(5)18-20-90-22-24-91-23-21-89-19-17-69-71-68/h7-16,26-28,30,32,42,53-54,57-62,65-66,75,81-83H,17-25,29,31,33-34H2,1-6H3/t42-,53-,54-,57+,58+,59-,60+,61+,62-,65?,66?/m1/s1. The van der Waals surface area contributed by atoms with E-state index in [1.54, 1.807) is 34.9 Å². The second-order valence-corrected chi connectivity index (χ2v) is 24.8. The normalized spacial score (nSPS) is 21.6. The lowest BCUT2D eigenvalue weighted by Crippen LogP contribution is -2.63. The number of amides is 2. The average molecular weight is 1460 g/mol. The molecule has 3 aliphatic rings. The van der Waals surface area contributed by atoms with Crippen molar-refractivity contribution < 1.29 is 128 Å². The summed E-state index contributed by atoms with van der Waals surface area (Å²) in [6.45, 7) is 4.47. The number of nitrogens with zero attached hydrogens (tertiary/aromatic N) is 7. The first-order chi connectivity index (χ1) is 48.8. The molecule has 2 amide bonds. The summed E-state index contributed by atoms with van der Waals surface area (Å²) in [6.07, 6.45) is -13.3. The molecule has 0 spiro atoms. The number of Topliss-reactive ketones (excluding diaryl/α,β-unsaturated/α-hetero) is 1. The lowest BCUT2D eigenvalue weighted by molar-refractivity contribution is -0.288. The van der Waals surface area contributed by atoms with Gasteiger partial charge in [0.05, 0.1) is 59.0 Å². The molecule has 0 aliphatic carbocycles. The molecule has 2 aromatic heterocycles. The topological polar surface area (TPSA) is 436 Å². The lowest BCUT2D eigenvalue weighted by atomic mass is 9.95. The van der Waals surface area contributed by atoms with Crippen molar-refractivity contribution in [3.05, 3.63) is 130 Å². The number of rotatable bonds is 33. The van der Waals surface area contributed by atoms with Crippen LogP contribution in [0.25, 0.3) is 26.9 Å². The molecule has 9 rings (SSSR count). The number of azide groups is 1. The minimum Gasteiger partial charge on any atom is -0.497 e. The van der Waals surface area contributed by atoms with Gasteiger partial charge in [-0.15, -0.1) is 20.0 Å². The minimum atomic E-state index is -5.36. The van der Waals surface area contributed by atoms with Gasteiger partial charge in [-0.2, -0.15) is 0 Å². The summed E-state index contributed by atoms with van der Waals surface area (Å²) in [5, 5.41) is 45.8. The van der Waals surface area contributed by atoms with E-state index in [0.29, 0.717) is 27.9 Å². The first-order valence-electron chi connectivity index (χ1n) is 31.7.